The highest BCUT2D eigenvalue weighted by atomic mass is 16.1. The smallest absolute Gasteiger partial charge is 0.139 e. The van der Waals surface area contributed by atoms with Gasteiger partial charge in [0.1, 0.15) is 5.78 Å². The average molecular weight is 288 g/mol. The molecule has 5 rings (SSSR count). The summed E-state index contributed by atoms with van der Waals surface area (Å²) >= 11 is 0. The minimum atomic E-state index is 0.274. The molecule has 6 atom stereocenters. The number of hydrogen-bond acceptors (Lipinski definition) is 1. The Kier molecular flexibility index (Phi) is 2.61. The lowest BCUT2D eigenvalue weighted by atomic mass is 9.78. The molecule has 1 nitrogen and oxygen atoms in total. The van der Waals surface area contributed by atoms with Crippen molar-refractivity contribution in [2.75, 3.05) is 0 Å². The van der Waals surface area contributed by atoms with Gasteiger partial charge >= 0.3 is 0 Å². The lowest BCUT2D eigenvalue weighted by Crippen LogP contribution is -2.23. The van der Waals surface area contributed by atoms with E-state index < -0.39 is 0 Å². The van der Waals surface area contributed by atoms with Crippen molar-refractivity contribution >= 4 is 5.78 Å². The fraction of sp³-hybridized carbons (Fsp3) is 0.381. The molecule has 0 heterocycles. The molecule has 3 aliphatic carbocycles. The first-order valence-electron chi connectivity index (χ1n) is 8.48. The van der Waals surface area contributed by atoms with Gasteiger partial charge in [0.15, 0.2) is 0 Å². The molecule has 0 N–H and O–H groups in total. The summed E-state index contributed by atoms with van der Waals surface area (Å²) in [5.74, 6) is 3.45. The summed E-state index contributed by atoms with van der Waals surface area (Å²) in [6.07, 6.45) is 2.28. The zero-order chi connectivity index (χ0) is 14.7. The number of benzene rings is 2. The van der Waals surface area contributed by atoms with E-state index in [4.69, 9.17) is 0 Å². The Morgan fingerprint density at radius 2 is 1.14 bits per heavy atom. The van der Waals surface area contributed by atoms with Crippen molar-refractivity contribution in [2.24, 2.45) is 23.7 Å². The summed E-state index contributed by atoms with van der Waals surface area (Å²) in [4.78, 5) is 12.8. The van der Waals surface area contributed by atoms with Gasteiger partial charge in [0.2, 0.25) is 0 Å². The second-order valence-electron chi connectivity index (χ2n) is 7.30. The molecule has 0 radical (unpaired) electrons. The Morgan fingerprint density at radius 3 is 1.68 bits per heavy atom. The maximum atomic E-state index is 12.8. The first-order valence-corrected chi connectivity index (χ1v) is 8.48. The molecular weight excluding hydrogens is 268 g/mol. The number of carbonyl (C=O) groups excluding carboxylic acids is 1. The molecule has 110 valence electrons. The Morgan fingerprint density at radius 1 is 0.636 bits per heavy atom. The highest BCUT2D eigenvalue weighted by Crippen LogP contribution is 2.67. The van der Waals surface area contributed by atoms with E-state index in [1.807, 2.05) is 0 Å². The minimum Gasteiger partial charge on any atom is -0.299 e. The van der Waals surface area contributed by atoms with Gasteiger partial charge in [-0.3, -0.25) is 4.79 Å². The zero-order valence-corrected chi connectivity index (χ0v) is 12.6. The number of hydrogen-bond donors (Lipinski definition) is 0. The van der Waals surface area contributed by atoms with Crippen LogP contribution in [0, 0.1) is 23.7 Å². The lowest BCUT2D eigenvalue weighted by molar-refractivity contribution is -0.125. The van der Waals surface area contributed by atoms with Crippen LogP contribution in [0.25, 0.3) is 0 Å². The fourth-order valence-corrected chi connectivity index (χ4v) is 5.80. The lowest BCUT2D eigenvalue weighted by Gasteiger charge is -2.25. The summed E-state index contributed by atoms with van der Waals surface area (Å²) in [5.41, 5.74) is 2.80. The van der Waals surface area contributed by atoms with Gasteiger partial charge in [0.05, 0.1) is 0 Å². The van der Waals surface area contributed by atoms with Gasteiger partial charge in [-0.1, -0.05) is 60.7 Å². The summed E-state index contributed by atoms with van der Waals surface area (Å²) in [6, 6.07) is 21.7. The summed E-state index contributed by atoms with van der Waals surface area (Å²) in [7, 11) is 0. The first-order chi connectivity index (χ1) is 10.8. The van der Waals surface area contributed by atoms with Crippen LogP contribution in [0.1, 0.15) is 35.8 Å². The number of fused-ring (bicyclic) bond motifs is 1. The number of Topliss-reactive ketones (excluding diaryl/α,β-unsaturated/α-hetero) is 1. The van der Waals surface area contributed by atoms with E-state index in [2.05, 4.69) is 60.7 Å². The van der Waals surface area contributed by atoms with Crippen molar-refractivity contribution in [1.82, 2.24) is 0 Å². The molecule has 2 bridgehead atoms. The zero-order valence-electron chi connectivity index (χ0n) is 12.6. The Balaban J connectivity index is 1.67. The molecule has 3 aliphatic rings. The quantitative estimate of drug-likeness (QED) is 0.800. The normalized spacial score (nSPS) is 38.6. The van der Waals surface area contributed by atoms with Gasteiger partial charge in [-0.15, -0.1) is 0 Å². The molecule has 3 fully saturated rings. The summed E-state index contributed by atoms with van der Waals surface area (Å²) in [5, 5.41) is 0. The van der Waals surface area contributed by atoms with Gasteiger partial charge in [0.25, 0.3) is 0 Å². The number of carbonyl (C=O) groups is 1. The number of ketones is 1. The second kappa shape index (κ2) is 4.55. The molecule has 2 aromatic carbocycles. The minimum absolute atomic E-state index is 0.274. The Bertz CT molecular complexity index is 705. The largest absolute Gasteiger partial charge is 0.299 e. The van der Waals surface area contributed by atoms with Gasteiger partial charge in [-0.2, -0.15) is 0 Å². The van der Waals surface area contributed by atoms with Crippen LogP contribution in [0.5, 0.6) is 0 Å². The van der Waals surface area contributed by atoms with Crippen LogP contribution in [0.2, 0.25) is 0 Å². The van der Waals surface area contributed by atoms with Crippen LogP contribution in [0.3, 0.4) is 0 Å². The van der Waals surface area contributed by atoms with E-state index in [1.165, 1.54) is 11.1 Å². The van der Waals surface area contributed by atoms with E-state index in [-0.39, 0.29) is 5.92 Å². The Hall–Kier alpha value is -1.89. The predicted molar refractivity (Wildman–Crippen MR) is 86.6 cm³/mol. The van der Waals surface area contributed by atoms with Crippen LogP contribution >= 0.6 is 0 Å². The molecule has 0 saturated heterocycles. The van der Waals surface area contributed by atoms with Crippen LogP contribution in [0.4, 0.5) is 0 Å². The molecular formula is C21H20O. The summed E-state index contributed by atoms with van der Waals surface area (Å²) in [6.45, 7) is 0. The van der Waals surface area contributed by atoms with Crippen molar-refractivity contribution in [2.45, 2.75) is 24.7 Å². The van der Waals surface area contributed by atoms with E-state index in [9.17, 15) is 4.79 Å². The highest BCUT2D eigenvalue weighted by Gasteiger charge is 2.63. The molecule has 3 saturated carbocycles. The highest BCUT2D eigenvalue weighted by molar-refractivity contribution is 5.89. The van der Waals surface area contributed by atoms with E-state index in [0.717, 1.165) is 12.8 Å². The van der Waals surface area contributed by atoms with E-state index >= 15 is 0 Å². The van der Waals surface area contributed by atoms with E-state index in [1.54, 1.807) is 0 Å². The molecule has 0 aromatic heterocycles. The second-order valence-corrected chi connectivity index (χ2v) is 7.30. The molecule has 0 aliphatic heterocycles. The van der Waals surface area contributed by atoms with Crippen LogP contribution in [-0.4, -0.2) is 5.78 Å². The standard InChI is InChI=1S/C21H20O/c22-21-15-11-16-17(12-15)20(21)19(14-9-5-2-6-10-14)18(16)13-7-3-1-4-8-13/h1-10,15-20H,11-12H2/t15-,16+,17+,18+,19+,20-/m1/s1. The third kappa shape index (κ3) is 1.57. The van der Waals surface area contributed by atoms with Crippen LogP contribution < -0.4 is 0 Å². The molecule has 22 heavy (non-hydrogen) atoms. The predicted octanol–water partition coefficient (Wildman–Crippen LogP) is 4.41. The first kappa shape index (κ1) is 12.6. The van der Waals surface area contributed by atoms with Gasteiger partial charge < -0.3 is 0 Å². The molecule has 0 unspecified atom stereocenters. The van der Waals surface area contributed by atoms with Crippen molar-refractivity contribution < 1.29 is 4.79 Å². The maximum Gasteiger partial charge on any atom is 0.139 e. The molecule has 1 heteroatoms. The summed E-state index contributed by atoms with van der Waals surface area (Å²) < 4.78 is 0. The van der Waals surface area contributed by atoms with Crippen molar-refractivity contribution in [3.63, 3.8) is 0 Å². The van der Waals surface area contributed by atoms with Crippen molar-refractivity contribution in [3.05, 3.63) is 71.8 Å². The van der Waals surface area contributed by atoms with E-state index in [0.29, 0.717) is 35.4 Å². The number of rotatable bonds is 2. The molecule has 0 amide bonds. The van der Waals surface area contributed by atoms with Gasteiger partial charge in [-0.25, -0.2) is 0 Å². The topological polar surface area (TPSA) is 17.1 Å². The van der Waals surface area contributed by atoms with Crippen LogP contribution in [-0.2, 0) is 4.79 Å². The fourth-order valence-electron chi connectivity index (χ4n) is 5.80. The average Bonchev–Trinajstić information content (AvgIpc) is 3.18. The molecule has 0 spiro atoms. The third-order valence-electron chi connectivity index (χ3n) is 6.46. The Labute approximate surface area is 131 Å². The monoisotopic (exact) mass is 288 g/mol. The SMILES string of the molecule is O=C1[C@H]2C[C@H]3[C@H](C2)[C@H](c2ccccc2)[C@H](c2ccccc2)[C@H]13. The van der Waals surface area contributed by atoms with Crippen molar-refractivity contribution in [1.29, 1.82) is 0 Å². The van der Waals surface area contributed by atoms with Crippen molar-refractivity contribution in [3.8, 4) is 0 Å². The van der Waals surface area contributed by atoms with Crippen LogP contribution in [0.15, 0.2) is 60.7 Å². The maximum absolute atomic E-state index is 12.8. The third-order valence-corrected chi connectivity index (χ3v) is 6.46. The van der Waals surface area contributed by atoms with Gasteiger partial charge in [0, 0.05) is 17.8 Å². The van der Waals surface area contributed by atoms with Gasteiger partial charge in [-0.05, 0) is 41.7 Å². The molecule has 2 aromatic rings.